The van der Waals surface area contributed by atoms with Crippen molar-refractivity contribution >= 4 is 6.29 Å². The molecule has 1 aliphatic heterocycles. The van der Waals surface area contributed by atoms with Crippen LogP contribution in [0.5, 0.6) is 0 Å². The highest BCUT2D eigenvalue weighted by molar-refractivity contribution is 5.53. The molecule has 0 saturated carbocycles. The Kier molecular flexibility index (Phi) is 4.43. The summed E-state index contributed by atoms with van der Waals surface area (Å²) in [5, 5.41) is 0. The van der Waals surface area contributed by atoms with Gasteiger partial charge in [0.2, 0.25) is 0 Å². The zero-order chi connectivity index (χ0) is 9.68. The molecule has 0 N–H and O–H groups in total. The van der Waals surface area contributed by atoms with Gasteiger partial charge in [0.25, 0.3) is 0 Å². The lowest BCUT2D eigenvalue weighted by atomic mass is 9.96. The van der Waals surface area contributed by atoms with Crippen LogP contribution < -0.4 is 0 Å². The van der Waals surface area contributed by atoms with E-state index in [-0.39, 0.29) is 5.92 Å². The van der Waals surface area contributed by atoms with Crippen molar-refractivity contribution in [2.24, 2.45) is 11.8 Å². The first kappa shape index (κ1) is 10.7. The fourth-order valence-corrected chi connectivity index (χ4v) is 1.85. The number of carbonyl (C=O) groups excluding carboxylic acids is 1. The van der Waals surface area contributed by atoms with Crippen LogP contribution in [0.15, 0.2) is 0 Å². The van der Waals surface area contributed by atoms with E-state index in [1.807, 2.05) is 6.92 Å². The van der Waals surface area contributed by atoms with Gasteiger partial charge in [-0.3, -0.25) is 0 Å². The number of aldehydes is 1. The Morgan fingerprint density at radius 2 is 1.85 bits per heavy atom. The predicted molar refractivity (Wildman–Crippen MR) is 54.7 cm³/mol. The second-order valence-electron chi connectivity index (χ2n) is 4.33. The van der Waals surface area contributed by atoms with Gasteiger partial charge in [0.05, 0.1) is 0 Å². The van der Waals surface area contributed by atoms with Crippen LogP contribution in [0, 0.1) is 11.8 Å². The van der Waals surface area contributed by atoms with E-state index in [0.717, 1.165) is 12.8 Å². The molecule has 1 heterocycles. The molecule has 1 aliphatic rings. The highest BCUT2D eigenvalue weighted by Crippen LogP contribution is 2.14. The van der Waals surface area contributed by atoms with E-state index in [1.165, 1.54) is 32.4 Å². The maximum absolute atomic E-state index is 10.6. The summed E-state index contributed by atoms with van der Waals surface area (Å²) < 4.78 is 0. The van der Waals surface area contributed by atoms with Crippen molar-refractivity contribution in [2.45, 2.75) is 33.1 Å². The van der Waals surface area contributed by atoms with Gasteiger partial charge in [0.1, 0.15) is 6.29 Å². The van der Waals surface area contributed by atoms with Crippen LogP contribution >= 0.6 is 0 Å². The summed E-state index contributed by atoms with van der Waals surface area (Å²) in [5.74, 6) is 0.720. The van der Waals surface area contributed by atoms with Gasteiger partial charge in [-0.2, -0.15) is 0 Å². The standard InChI is InChI=1S/C11H21NO/c1-10(11(2)9-13)8-12-6-4-3-5-7-12/h9-11H,3-8H2,1-2H3. The van der Waals surface area contributed by atoms with Crippen molar-refractivity contribution < 1.29 is 4.79 Å². The van der Waals surface area contributed by atoms with Crippen molar-refractivity contribution in [3.63, 3.8) is 0 Å². The van der Waals surface area contributed by atoms with Crippen molar-refractivity contribution in [2.75, 3.05) is 19.6 Å². The van der Waals surface area contributed by atoms with Crippen LogP contribution in [0.1, 0.15) is 33.1 Å². The zero-order valence-electron chi connectivity index (χ0n) is 8.83. The third-order valence-corrected chi connectivity index (χ3v) is 3.11. The lowest BCUT2D eigenvalue weighted by Gasteiger charge is -2.30. The van der Waals surface area contributed by atoms with E-state index >= 15 is 0 Å². The molecule has 0 aromatic carbocycles. The van der Waals surface area contributed by atoms with Gasteiger partial charge >= 0.3 is 0 Å². The van der Waals surface area contributed by atoms with Gasteiger partial charge in [-0.15, -0.1) is 0 Å². The first-order valence-electron chi connectivity index (χ1n) is 5.41. The second-order valence-corrected chi connectivity index (χ2v) is 4.33. The minimum absolute atomic E-state index is 0.210. The highest BCUT2D eigenvalue weighted by atomic mass is 16.1. The van der Waals surface area contributed by atoms with Crippen LogP contribution in [-0.2, 0) is 4.79 Å². The number of hydrogen-bond donors (Lipinski definition) is 0. The normalized spacial score (nSPS) is 23.8. The van der Waals surface area contributed by atoms with E-state index in [9.17, 15) is 4.79 Å². The third kappa shape index (κ3) is 3.47. The molecule has 0 aliphatic carbocycles. The molecule has 2 unspecified atom stereocenters. The molecule has 0 aromatic rings. The molecule has 0 amide bonds. The van der Waals surface area contributed by atoms with E-state index in [2.05, 4.69) is 11.8 Å². The van der Waals surface area contributed by atoms with Crippen LogP contribution in [0.25, 0.3) is 0 Å². The summed E-state index contributed by atoms with van der Waals surface area (Å²) in [6.45, 7) is 7.75. The van der Waals surface area contributed by atoms with E-state index < -0.39 is 0 Å². The number of nitrogens with zero attached hydrogens (tertiary/aromatic N) is 1. The summed E-state index contributed by atoms with van der Waals surface area (Å²) in [6, 6.07) is 0. The maximum Gasteiger partial charge on any atom is 0.123 e. The summed E-state index contributed by atoms with van der Waals surface area (Å²) in [6.07, 6.45) is 5.13. The Morgan fingerprint density at radius 1 is 1.23 bits per heavy atom. The monoisotopic (exact) mass is 183 g/mol. The molecule has 13 heavy (non-hydrogen) atoms. The number of carbonyl (C=O) groups is 1. The minimum Gasteiger partial charge on any atom is -0.303 e. The molecular formula is C11H21NO. The lowest BCUT2D eigenvalue weighted by Crippen LogP contribution is -2.35. The number of piperidine rings is 1. The Hall–Kier alpha value is -0.370. The quantitative estimate of drug-likeness (QED) is 0.621. The molecule has 2 atom stereocenters. The third-order valence-electron chi connectivity index (χ3n) is 3.11. The first-order valence-corrected chi connectivity index (χ1v) is 5.41. The number of likely N-dealkylation sites (tertiary alicyclic amines) is 1. The van der Waals surface area contributed by atoms with Crippen LogP contribution in [-0.4, -0.2) is 30.8 Å². The molecule has 1 saturated heterocycles. The zero-order valence-corrected chi connectivity index (χ0v) is 8.83. The van der Waals surface area contributed by atoms with Gasteiger partial charge in [0, 0.05) is 12.5 Å². The Morgan fingerprint density at radius 3 is 2.38 bits per heavy atom. The number of rotatable bonds is 4. The predicted octanol–water partition coefficient (Wildman–Crippen LogP) is 1.94. The van der Waals surface area contributed by atoms with E-state index in [4.69, 9.17) is 0 Å². The van der Waals surface area contributed by atoms with Gasteiger partial charge in [0.15, 0.2) is 0 Å². The molecule has 0 radical (unpaired) electrons. The van der Waals surface area contributed by atoms with E-state index in [0.29, 0.717) is 5.92 Å². The average molecular weight is 183 g/mol. The molecule has 0 spiro atoms. The SMILES string of the molecule is CC(C=O)C(C)CN1CCCCC1. The van der Waals surface area contributed by atoms with Gasteiger partial charge < -0.3 is 9.69 Å². The summed E-state index contributed by atoms with van der Waals surface area (Å²) in [5.41, 5.74) is 0. The molecule has 2 heteroatoms. The molecule has 76 valence electrons. The topological polar surface area (TPSA) is 20.3 Å². The molecule has 0 aromatic heterocycles. The largest absolute Gasteiger partial charge is 0.303 e. The highest BCUT2D eigenvalue weighted by Gasteiger charge is 2.17. The molecule has 1 rings (SSSR count). The summed E-state index contributed by atoms with van der Waals surface area (Å²) in [7, 11) is 0. The molecule has 0 bridgehead atoms. The molecular weight excluding hydrogens is 162 g/mol. The first-order chi connectivity index (χ1) is 6.24. The van der Waals surface area contributed by atoms with Crippen molar-refractivity contribution in [3.05, 3.63) is 0 Å². The Bertz CT molecular complexity index is 152. The van der Waals surface area contributed by atoms with Crippen molar-refractivity contribution in [1.29, 1.82) is 0 Å². The minimum atomic E-state index is 0.210. The Labute approximate surface area is 81.3 Å². The van der Waals surface area contributed by atoms with Gasteiger partial charge in [-0.25, -0.2) is 0 Å². The Balaban J connectivity index is 2.25. The number of hydrogen-bond acceptors (Lipinski definition) is 2. The van der Waals surface area contributed by atoms with Crippen LogP contribution in [0.3, 0.4) is 0 Å². The van der Waals surface area contributed by atoms with Crippen molar-refractivity contribution in [3.8, 4) is 0 Å². The van der Waals surface area contributed by atoms with Gasteiger partial charge in [-0.1, -0.05) is 20.3 Å². The fraction of sp³-hybridized carbons (Fsp3) is 0.909. The molecule has 1 fully saturated rings. The average Bonchev–Trinajstić information content (AvgIpc) is 2.18. The van der Waals surface area contributed by atoms with Crippen LogP contribution in [0.2, 0.25) is 0 Å². The van der Waals surface area contributed by atoms with Gasteiger partial charge in [-0.05, 0) is 31.8 Å². The fourth-order valence-electron chi connectivity index (χ4n) is 1.85. The van der Waals surface area contributed by atoms with E-state index in [1.54, 1.807) is 0 Å². The summed E-state index contributed by atoms with van der Waals surface area (Å²) >= 11 is 0. The smallest absolute Gasteiger partial charge is 0.123 e. The lowest BCUT2D eigenvalue weighted by molar-refractivity contribution is -0.112. The second kappa shape index (κ2) is 5.38. The summed E-state index contributed by atoms with van der Waals surface area (Å²) in [4.78, 5) is 13.1. The maximum atomic E-state index is 10.6. The molecule has 2 nitrogen and oxygen atoms in total. The van der Waals surface area contributed by atoms with Crippen molar-refractivity contribution in [1.82, 2.24) is 4.90 Å². The van der Waals surface area contributed by atoms with Crippen LogP contribution in [0.4, 0.5) is 0 Å².